The smallest absolute Gasteiger partial charge is 0.0230 e. The second-order valence-electron chi connectivity index (χ2n) is 2.23. The zero-order valence-electron chi connectivity index (χ0n) is 6.81. The van der Waals surface area contributed by atoms with Crippen LogP contribution in [0.2, 0.25) is 0 Å². The van der Waals surface area contributed by atoms with Crippen molar-refractivity contribution in [3.05, 3.63) is 34.3 Å². The lowest BCUT2D eigenvalue weighted by Gasteiger charge is -1.96. The minimum absolute atomic E-state index is 0.524. The fourth-order valence-electron chi connectivity index (χ4n) is 0.855. The number of benzene rings is 1. The van der Waals surface area contributed by atoms with Gasteiger partial charge < -0.3 is 0 Å². The molecule has 0 atom stereocenters. The Morgan fingerprint density at radius 3 is 2.70 bits per heavy atom. The molecule has 0 saturated heterocycles. The van der Waals surface area contributed by atoms with Crippen LogP contribution < -0.4 is 0 Å². The number of rotatable bonds is 2. The average Bonchev–Trinajstić information content (AvgIpc) is 2.04. The summed E-state index contributed by atoms with van der Waals surface area (Å²) in [5.74, 6) is 0. The summed E-state index contributed by atoms with van der Waals surface area (Å²) < 4.78 is 8.10. The second-order valence-corrected chi connectivity index (χ2v) is 3.15. The first-order valence-corrected chi connectivity index (χ1v) is 4.16. The van der Waals surface area contributed by atoms with E-state index in [0.29, 0.717) is 6.90 Å². The molecule has 0 unspecified atom stereocenters. The molecule has 0 aliphatic rings. The Hall–Kier alpha value is -0.300. The quantitative estimate of drug-likeness (QED) is 0.686. The highest BCUT2D eigenvalue weighted by molar-refractivity contribution is 9.10. The number of hydrogen-bond donors (Lipinski definition) is 0. The highest BCUT2D eigenvalue weighted by atomic mass is 79.9. The molecule has 0 N–H and O–H groups in total. The van der Waals surface area contributed by atoms with Crippen LogP contribution in [0.15, 0.2) is 28.7 Å². The molecule has 0 aromatic heterocycles. The monoisotopic (exact) mass is 199 g/mol. The molecule has 0 aliphatic heterocycles. The van der Waals surface area contributed by atoms with Gasteiger partial charge in [0.05, 0.1) is 0 Å². The Labute approximate surface area is 71.8 Å². The summed E-state index contributed by atoms with van der Waals surface area (Å²) in [5.41, 5.74) is 1.32. The number of aryl methyl sites for hydroxylation is 1. The van der Waals surface area contributed by atoms with Gasteiger partial charge in [0.1, 0.15) is 0 Å². The topological polar surface area (TPSA) is 0 Å². The molecule has 1 rings (SSSR count). The third kappa shape index (κ3) is 2.14. The van der Waals surface area contributed by atoms with Gasteiger partial charge in [-0.2, -0.15) is 0 Å². The third-order valence-electron chi connectivity index (χ3n) is 1.38. The molecule has 0 amide bonds. The van der Waals surface area contributed by atoms with E-state index in [1.807, 2.05) is 12.1 Å². The first-order valence-electron chi connectivity index (χ1n) is 4.07. The van der Waals surface area contributed by atoms with Gasteiger partial charge in [-0.05, 0) is 24.1 Å². The minimum atomic E-state index is 0.524. The maximum Gasteiger partial charge on any atom is 0.0230 e. The van der Waals surface area contributed by atoms with Gasteiger partial charge >= 0.3 is 0 Å². The Balaban J connectivity index is 2.52. The van der Waals surface area contributed by atoms with Crippen molar-refractivity contribution in [1.82, 2.24) is 0 Å². The van der Waals surface area contributed by atoms with Gasteiger partial charge in [0.2, 0.25) is 0 Å². The maximum atomic E-state index is 6.98. The van der Waals surface area contributed by atoms with E-state index in [1.165, 1.54) is 5.56 Å². The first-order chi connectivity index (χ1) is 5.33. The first kappa shape index (κ1) is 6.41. The van der Waals surface area contributed by atoms with Gasteiger partial charge in [0, 0.05) is 5.84 Å². The molecule has 54 valence electrons. The van der Waals surface area contributed by atoms with Crippen molar-refractivity contribution in [2.24, 2.45) is 0 Å². The number of hydrogen-bond acceptors (Lipinski definition) is 0. The van der Waals surface area contributed by atoms with Gasteiger partial charge in [-0.1, -0.05) is 41.4 Å². The van der Waals surface area contributed by atoms with Crippen molar-refractivity contribution in [3.63, 3.8) is 0 Å². The van der Waals surface area contributed by atoms with E-state index in [9.17, 15) is 0 Å². The van der Waals surface area contributed by atoms with Crippen LogP contribution >= 0.6 is 15.9 Å². The molecule has 1 aromatic carbocycles. The van der Waals surface area contributed by atoms with E-state index in [0.717, 1.165) is 17.3 Å². The standard InChI is InChI=1S/C9H11Br/c1-2-3-8-4-6-9(10)7-5-8/h4-7H,2-3H2,1H3/i1D. The van der Waals surface area contributed by atoms with Crippen molar-refractivity contribution in [2.75, 3.05) is 0 Å². The fraction of sp³-hybridized carbons (Fsp3) is 0.333. The van der Waals surface area contributed by atoms with Crippen LogP contribution in [0.25, 0.3) is 0 Å². The summed E-state index contributed by atoms with van der Waals surface area (Å²) in [6.45, 7) is 0.524. The van der Waals surface area contributed by atoms with Crippen molar-refractivity contribution in [2.45, 2.75) is 19.7 Å². The van der Waals surface area contributed by atoms with E-state index >= 15 is 0 Å². The van der Waals surface area contributed by atoms with Gasteiger partial charge in [0.15, 0.2) is 0 Å². The van der Waals surface area contributed by atoms with E-state index in [-0.39, 0.29) is 0 Å². The average molecular weight is 200 g/mol. The predicted molar refractivity (Wildman–Crippen MR) is 48.1 cm³/mol. The van der Waals surface area contributed by atoms with Gasteiger partial charge in [0.25, 0.3) is 0 Å². The van der Waals surface area contributed by atoms with Crippen molar-refractivity contribution in [3.8, 4) is 0 Å². The highest BCUT2D eigenvalue weighted by Crippen LogP contribution is 2.11. The second kappa shape index (κ2) is 3.77. The van der Waals surface area contributed by atoms with Crippen LogP contribution in [0, 0.1) is 0 Å². The van der Waals surface area contributed by atoms with E-state index in [2.05, 4.69) is 28.1 Å². The van der Waals surface area contributed by atoms with Gasteiger partial charge in [-0.3, -0.25) is 0 Å². The lowest BCUT2D eigenvalue weighted by molar-refractivity contribution is 0.921. The lowest BCUT2D eigenvalue weighted by atomic mass is 10.1. The molecule has 0 nitrogen and oxygen atoms in total. The molecule has 0 fully saturated rings. The zero-order valence-corrected chi connectivity index (χ0v) is 7.39. The van der Waals surface area contributed by atoms with Crippen LogP contribution in [0.5, 0.6) is 0 Å². The third-order valence-corrected chi connectivity index (χ3v) is 1.91. The summed E-state index contributed by atoms with van der Waals surface area (Å²) in [6.07, 6.45) is 1.98. The maximum absolute atomic E-state index is 6.98. The Morgan fingerprint density at radius 2 is 2.10 bits per heavy atom. The van der Waals surface area contributed by atoms with Crippen molar-refractivity contribution in [1.29, 1.82) is 0 Å². The molecule has 10 heavy (non-hydrogen) atoms. The Bertz CT molecular complexity index is 205. The molecular formula is C9H11Br. The molecule has 0 aliphatic carbocycles. The summed E-state index contributed by atoms with van der Waals surface area (Å²) in [4.78, 5) is 0. The van der Waals surface area contributed by atoms with Gasteiger partial charge in [-0.15, -0.1) is 0 Å². The summed E-state index contributed by atoms with van der Waals surface area (Å²) in [5, 5.41) is 0. The minimum Gasteiger partial charge on any atom is -0.0651 e. The fourth-order valence-corrected chi connectivity index (χ4v) is 1.12. The Kier molecular flexibility index (Phi) is 2.42. The SMILES string of the molecule is [2H]CCCc1ccc(Br)cc1. The van der Waals surface area contributed by atoms with Crippen LogP contribution in [-0.4, -0.2) is 0 Å². The van der Waals surface area contributed by atoms with Crippen molar-refractivity contribution >= 4 is 15.9 Å². The molecule has 0 heterocycles. The Morgan fingerprint density at radius 1 is 1.40 bits per heavy atom. The van der Waals surface area contributed by atoms with Crippen LogP contribution in [0.4, 0.5) is 0 Å². The van der Waals surface area contributed by atoms with Crippen molar-refractivity contribution < 1.29 is 1.37 Å². The molecule has 0 bridgehead atoms. The normalized spacial score (nSPS) is 11.1. The number of halogens is 1. The summed E-state index contributed by atoms with van der Waals surface area (Å²) >= 11 is 3.38. The van der Waals surface area contributed by atoms with Crippen LogP contribution in [-0.2, 0) is 6.42 Å². The molecule has 0 saturated carbocycles. The van der Waals surface area contributed by atoms with E-state index < -0.39 is 0 Å². The zero-order chi connectivity index (χ0) is 8.10. The molecule has 1 aromatic rings. The van der Waals surface area contributed by atoms with E-state index in [1.54, 1.807) is 0 Å². The lowest BCUT2D eigenvalue weighted by Crippen LogP contribution is -1.80. The predicted octanol–water partition coefficient (Wildman–Crippen LogP) is 3.40. The molecule has 0 radical (unpaired) electrons. The summed E-state index contributed by atoms with van der Waals surface area (Å²) in [7, 11) is 0. The van der Waals surface area contributed by atoms with E-state index in [4.69, 9.17) is 1.37 Å². The highest BCUT2D eigenvalue weighted by Gasteiger charge is 1.88. The molecule has 0 spiro atoms. The summed E-state index contributed by atoms with van der Waals surface area (Å²) in [6, 6.07) is 8.28. The molecule has 1 heteroatoms. The van der Waals surface area contributed by atoms with Crippen LogP contribution in [0.3, 0.4) is 0 Å². The largest absolute Gasteiger partial charge is 0.0651 e. The van der Waals surface area contributed by atoms with Gasteiger partial charge in [-0.25, -0.2) is 0 Å². The van der Waals surface area contributed by atoms with Crippen LogP contribution in [0.1, 0.15) is 20.3 Å². The molecular weight excluding hydrogens is 188 g/mol.